The van der Waals surface area contributed by atoms with Crippen LogP contribution in [0.25, 0.3) is 0 Å². The number of thiazole rings is 1. The SMILES string of the molecule is CC1(C(N)=O)CN(C(=O)c2cncs2)CCO1. The Morgan fingerprint density at radius 3 is 3.00 bits per heavy atom. The van der Waals surface area contributed by atoms with E-state index in [4.69, 9.17) is 10.5 Å². The minimum Gasteiger partial charge on any atom is -0.367 e. The Hall–Kier alpha value is -1.47. The molecule has 1 saturated heterocycles. The quantitative estimate of drug-likeness (QED) is 0.797. The molecule has 1 aliphatic heterocycles. The Kier molecular flexibility index (Phi) is 3.12. The average molecular weight is 255 g/mol. The molecule has 2 heterocycles. The summed E-state index contributed by atoms with van der Waals surface area (Å²) in [5.41, 5.74) is 5.77. The van der Waals surface area contributed by atoms with Crippen LogP contribution < -0.4 is 5.73 Å². The van der Waals surface area contributed by atoms with Crippen molar-refractivity contribution in [1.82, 2.24) is 9.88 Å². The minimum absolute atomic E-state index is 0.136. The van der Waals surface area contributed by atoms with Gasteiger partial charge >= 0.3 is 0 Å². The number of nitrogens with two attached hydrogens (primary N) is 1. The number of nitrogens with zero attached hydrogens (tertiary/aromatic N) is 2. The summed E-state index contributed by atoms with van der Waals surface area (Å²) in [6.45, 7) is 2.55. The van der Waals surface area contributed by atoms with Crippen LogP contribution in [0.4, 0.5) is 0 Å². The first-order valence-corrected chi connectivity index (χ1v) is 6.02. The second-order valence-corrected chi connectivity index (χ2v) is 4.92. The van der Waals surface area contributed by atoms with E-state index in [1.807, 2.05) is 0 Å². The average Bonchev–Trinajstić information content (AvgIpc) is 2.81. The molecule has 92 valence electrons. The van der Waals surface area contributed by atoms with Crippen LogP contribution in [0.2, 0.25) is 0 Å². The van der Waals surface area contributed by atoms with E-state index in [1.165, 1.54) is 17.5 Å². The van der Waals surface area contributed by atoms with E-state index in [0.717, 1.165) is 0 Å². The second kappa shape index (κ2) is 4.42. The topological polar surface area (TPSA) is 85.5 Å². The summed E-state index contributed by atoms with van der Waals surface area (Å²) in [7, 11) is 0. The molecule has 0 aromatic carbocycles. The monoisotopic (exact) mass is 255 g/mol. The fourth-order valence-corrected chi connectivity index (χ4v) is 2.26. The lowest BCUT2D eigenvalue weighted by Gasteiger charge is -2.38. The standard InChI is InChI=1S/C10H13N3O3S/c1-10(9(11)15)5-13(2-3-16-10)8(14)7-4-12-6-17-7/h4,6H,2-3,5H2,1H3,(H2,11,15). The Bertz CT molecular complexity index is 434. The summed E-state index contributed by atoms with van der Waals surface area (Å²) >= 11 is 1.27. The Morgan fingerprint density at radius 1 is 1.65 bits per heavy atom. The number of carbonyl (C=O) groups is 2. The highest BCUT2D eigenvalue weighted by molar-refractivity contribution is 7.11. The zero-order valence-electron chi connectivity index (χ0n) is 9.38. The number of hydrogen-bond donors (Lipinski definition) is 1. The summed E-state index contributed by atoms with van der Waals surface area (Å²) in [5.74, 6) is -0.692. The molecule has 0 bridgehead atoms. The number of aromatic nitrogens is 1. The van der Waals surface area contributed by atoms with Gasteiger partial charge in [0.1, 0.15) is 4.88 Å². The van der Waals surface area contributed by atoms with Crippen LogP contribution in [0.15, 0.2) is 11.7 Å². The third-order valence-electron chi connectivity index (χ3n) is 2.73. The van der Waals surface area contributed by atoms with Crippen molar-refractivity contribution in [1.29, 1.82) is 0 Å². The van der Waals surface area contributed by atoms with E-state index < -0.39 is 11.5 Å². The fourth-order valence-electron chi connectivity index (χ4n) is 1.67. The Morgan fingerprint density at radius 2 is 2.41 bits per heavy atom. The molecule has 1 atom stereocenters. The lowest BCUT2D eigenvalue weighted by molar-refractivity contribution is -0.150. The molecule has 1 aliphatic rings. The van der Waals surface area contributed by atoms with Gasteiger partial charge in [0.05, 0.1) is 24.9 Å². The lowest BCUT2D eigenvalue weighted by Crippen LogP contribution is -2.58. The van der Waals surface area contributed by atoms with Gasteiger partial charge in [0.15, 0.2) is 5.60 Å². The summed E-state index contributed by atoms with van der Waals surface area (Å²) < 4.78 is 5.34. The molecular formula is C10H13N3O3S. The lowest BCUT2D eigenvalue weighted by atomic mass is 10.0. The number of carbonyl (C=O) groups excluding carboxylic acids is 2. The van der Waals surface area contributed by atoms with E-state index in [9.17, 15) is 9.59 Å². The Labute approximate surface area is 102 Å². The fraction of sp³-hybridized carbons (Fsp3) is 0.500. The van der Waals surface area contributed by atoms with Gasteiger partial charge in [0.2, 0.25) is 0 Å². The molecule has 6 nitrogen and oxygen atoms in total. The van der Waals surface area contributed by atoms with Crippen molar-refractivity contribution < 1.29 is 14.3 Å². The number of rotatable bonds is 2. The first kappa shape index (κ1) is 12.0. The van der Waals surface area contributed by atoms with Gasteiger partial charge in [-0.3, -0.25) is 14.6 Å². The maximum atomic E-state index is 12.1. The highest BCUT2D eigenvalue weighted by Crippen LogP contribution is 2.20. The molecule has 0 saturated carbocycles. The summed E-state index contributed by atoms with van der Waals surface area (Å²) in [6.07, 6.45) is 1.52. The molecule has 1 aromatic heterocycles. The third-order valence-corrected chi connectivity index (χ3v) is 3.49. The number of primary amides is 1. The number of amides is 2. The zero-order chi connectivity index (χ0) is 12.5. The molecule has 2 rings (SSSR count). The summed E-state index contributed by atoms with van der Waals surface area (Å²) in [5, 5.41) is 0. The normalized spacial score (nSPS) is 24.6. The largest absolute Gasteiger partial charge is 0.367 e. The first-order valence-electron chi connectivity index (χ1n) is 5.14. The van der Waals surface area contributed by atoms with E-state index in [1.54, 1.807) is 17.3 Å². The summed E-state index contributed by atoms with van der Waals surface area (Å²) in [4.78, 5) is 29.3. The van der Waals surface area contributed by atoms with Gasteiger partial charge in [-0.05, 0) is 6.92 Å². The van der Waals surface area contributed by atoms with E-state index in [-0.39, 0.29) is 12.5 Å². The molecule has 2 amide bonds. The zero-order valence-corrected chi connectivity index (χ0v) is 10.2. The minimum atomic E-state index is -1.10. The maximum absolute atomic E-state index is 12.1. The van der Waals surface area contributed by atoms with Crippen LogP contribution in [0.5, 0.6) is 0 Å². The van der Waals surface area contributed by atoms with E-state index >= 15 is 0 Å². The van der Waals surface area contributed by atoms with Gasteiger partial charge in [-0.15, -0.1) is 11.3 Å². The molecular weight excluding hydrogens is 242 g/mol. The third kappa shape index (κ3) is 2.29. The van der Waals surface area contributed by atoms with Crippen LogP contribution in [0.1, 0.15) is 16.6 Å². The number of ether oxygens (including phenoxy) is 1. The van der Waals surface area contributed by atoms with Gasteiger partial charge in [-0.2, -0.15) is 0 Å². The first-order chi connectivity index (χ1) is 8.03. The molecule has 1 unspecified atom stereocenters. The molecule has 7 heteroatoms. The van der Waals surface area contributed by atoms with Gasteiger partial charge in [0.25, 0.3) is 11.8 Å². The highest BCUT2D eigenvalue weighted by atomic mass is 32.1. The van der Waals surface area contributed by atoms with Crippen LogP contribution in [-0.4, -0.2) is 47.0 Å². The van der Waals surface area contributed by atoms with Crippen molar-refractivity contribution >= 4 is 23.2 Å². The molecule has 0 spiro atoms. The van der Waals surface area contributed by atoms with Crippen molar-refractivity contribution in [2.24, 2.45) is 5.73 Å². The predicted molar refractivity (Wildman–Crippen MR) is 61.6 cm³/mol. The molecule has 2 N–H and O–H groups in total. The van der Waals surface area contributed by atoms with Crippen molar-refractivity contribution in [2.75, 3.05) is 19.7 Å². The molecule has 1 fully saturated rings. The Balaban J connectivity index is 2.13. The smallest absolute Gasteiger partial charge is 0.265 e. The number of morpholine rings is 1. The second-order valence-electron chi connectivity index (χ2n) is 4.04. The van der Waals surface area contributed by atoms with Crippen molar-refractivity contribution in [3.63, 3.8) is 0 Å². The predicted octanol–water partition coefficient (Wildman–Crippen LogP) is -0.141. The molecule has 0 aliphatic carbocycles. The summed E-state index contributed by atoms with van der Waals surface area (Å²) in [6, 6.07) is 0. The van der Waals surface area contributed by atoms with Crippen LogP contribution in [0.3, 0.4) is 0 Å². The van der Waals surface area contributed by atoms with E-state index in [2.05, 4.69) is 4.98 Å². The molecule has 0 radical (unpaired) electrons. The van der Waals surface area contributed by atoms with Crippen molar-refractivity contribution in [3.8, 4) is 0 Å². The highest BCUT2D eigenvalue weighted by Gasteiger charge is 2.39. The van der Waals surface area contributed by atoms with Crippen LogP contribution >= 0.6 is 11.3 Å². The van der Waals surface area contributed by atoms with Gasteiger partial charge < -0.3 is 15.4 Å². The van der Waals surface area contributed by atoms with E-state index in [0.29, 0.717) is 18.0 Å². The van der Waals surface area contributed by atoms with Gasteiger partial charge in [-0.1, -0.05) is 0 Å². The molecule has 17 heavy (non-hydrogen) atoms. The van der Waals surface area contributed by atoms with Crippen molar-refractivity contribution in [2.45, 2.75) is 12.5 Å². The van der Waals surface area contributed by atoms with Gasteiger partial charge in [0, 0.05) is 6.54 Å². The van der Waals surface area contributed by atoms with Gasteiger partial charge in [-0.25, -0.2) is 0 Å². The van der Waals surface area contributed by atoms with Crippen molar-refractivity contribution in [3.05, 3.63) is 16.6 Å². The maximum Gasteiger partial charge on any atom is 0.265 e. The van der Waals surface area contributed by atoms with Crippen LogP contribution in [0, 0.1) is 0 Å². The van der Waals surface area contributed by atoms with Crippen LogP contribution in [-0.2, 0) is 9.53 Å². The number of hydrogen-bond acceptors (Lipinski definition) is 5. The molecule has 1 aromatic rings.